The first-order chi connectivity index (χ1) is 12.5. The van der Waals surface area contributed by atoms with E-state index in [1.165, 1.54) is 45.8 Å². The van der Waals surface area contributed by atoms with Gasteiger partial charge in [0.2, 0.25) is 0 Å². The highest BCUT2D eigenvalue weighted by molar-refractivity contribution is 6.99. The molecule has 0 spiro atoms. The third-order valence-electron chi connectivity index (χ3n) is 7.03. The lowest BCUT2D eigenvalue weighted by molar-refractivity contribution is -0.0491. The lowest BCUT2D eigenvalue weighted by atomic mass is 9.62. The molecule has 2 aromatic rings. The van der Waals surface area contributed by atoms with Crippen molar-refractivity contribution in [1.82, 2.24) is 0 Å². The third-order valence-corrected chi connectivity index (χ3v) is 12.0. The Balaban J connectivity index is 2.00. The van der Waals surface area contributed by atoms with Crippen molar-refractivity contribution in [3.63, 3.8) is 0 Å². The number of hydrogen-bond acceptors (Lipinski definition) is 1. The molecule has 2 unspecified atom stereocenters. The second-order valence-corrected chi connectivity index (χ2v) is 13.4. The Morgan fingerprint density at radius 2 is 1.19 bits per heavy atom. The van der Waals surface area contributed by atoms with Gasteiger partial charge >= 0.3 is 0 Å². The minimum Gasteiger partial charge on any atom is -0.404 e. The van der Waals surface area contributed by atoms with Crippen LogP contribution in [0.3, 0.4) is 0 Å². The summed E-state index contributed by atoms with van der Waals surface area (Å²) >= 11 is 0. The van der Waals surface area contributed by atoms with Gasteiger partial charge in [-0.3, -0.25) is 0 Å². The predicted molar refractivity (Wildman–Crippen MR) is 118 cm³/mol. The van der Waals surface area contributed by atoms with E-state index >= 15 is 0 Å². The second-order valence-electron chi connectivity index (χ2n) is 10.1. The standard InChI is InChI=1S/C25H34OSi/c1-15-9-17(3)22(18(4)10-15)27(14-21-13-25(7,8)24(21)26-27)23-19(5)11-16(2)12-20(23)6/h9-12,21,24H,13-14H2,1-8H3. The molecule has 2 heteroatoms. The van der Waals surface area contributed by atoms with Gasteiger partial charge in [-0.15, -0.1) is 0 Å². The van der Waals surface area contributed by atoms with E-state index in [9.17, 15) is 0 Å². The SMILES string of the molecule is Cc1cc(C)c([Si]2(c3c(C)cc(C)cc3C)CC3CC(C)(C)C3O2)c(C)c1. The van der Waals surface area contributed by atoms with Crippen LogP contribution in [0.2, 0.25) is 6.04 Å². The molecule has 1 aliphatic carbocycles. The number of fused-ring (bicyclic) bond motifs is 1. The molecule has 1 aliphatic heterocycles. The molecular weight excluding hydrogens is 344 g/mol. The van der Waals surface area contributed by atoms with Crippen LogP contribution in [0.25, 0.3) is 0 Å². The lowest BCUT2D eigenvalue weighted by Gasteiger charge is -2.47. The maximum Gasteiger partial charge on any atom is 0.257 e. The van der Waals surface area contributed by atoms with Gasteiger partial charge in [-0.05, 0) is 98.0 Å². The molecule has 0 radical (unpaired) electrons. The molecule has 0 bridgehead atoms. The average Bonchev–Trinajstić information content (AvgIpc) is 2.81. The molecule has 0 N–H and O–H groups in total. The van der Waals surface area contributed by atoms with Crippen LogP contribution in [0.15, 0.2) is 24.3 Å². The summed E-state index contributed by atoms with van der Waals surface area (Å²) < 4.78 is 7.28. The molecule has 27 heavy (non-hydrogen) atoms. The Morgan fingerprint density at radius 1 is 0.778 bits per heavy atom. The summed E-state index contributed by atoms with van der Waals surface area (Å²) in [6, 6.07) is 10.7. The molecule has 0 amide bonds. The molecule has 2 aliphatic rings. The van der Waals surface area contributed by atoms with Gasteiger partial charge < -0.3 is 4.43 Å². The van der Waals surface area contributed by atoms with Crippen molar-refractivity contribution < 1.29 is 4.43 Å². The first kappa shape index (κ1) is 19.0. The van der Waals surface area contributed by atoms with E-state index in [4.69, 9.17) is 4.43 Å². The largest absolute Gasteiger partial charge is 0.404 e. The van der Waals surface area contributed by atoms with Crippen LogP contribution in [-0.4, -0.2) is 14.4 Å². The van der Waals surface area contributed by atoms with E-state index in [2.05, 4.69) is 79.7 Å². The molecule has 0 aromatic heterocycles. The van der Waals surface area contributed by atoms with Crippen molar-refractivity contribution in [3.8, 4) is 0 Å². The van der Waals surface area contributed by atoms with Crippen LogP contribution in [0, 0.1) is 52.9 Å². The molecule has 4 rings (SSSR count). The fourth-order valence-corrected chi connectivity index (χ4v) is 12.4. The minimum atomic E-state index is -2.26. The molecular formula is C25H34OSi. The maximum atomic E-state index is 7.28. The van der Waals surface area contributed by atoms with Crippen molar-refractivity contribution in [2.45, 2.75) is 74.0 Å². The van der Waals surface area contributed by atoms with E-state index in [0.717, 1.165) is 5.92 Å². The fourth-order valence-electron chi connectivity index (χ4n) is 6.53. The van der Waals surface area contributed by atoms with Crippen molar-refractivity contribution >= 4 is 18.7 Å². The molecule has 1 saturated carbocycles. The summed E-state index contributed by atoms with van der Waals surface area (Å²) in [4.78, 5) is 0. The molecule has 2 atom stereocenters. The van der Waals surface area contributed by atoms with Gasteiger partial charge in [-0.1, -0.05) is 49.2 Å². The zero-order valence-electron chi connectivity index (χ0n) is 18.3. The summed E-state index contributed by atoms with van der Waals surface area (Å²) in [6.07, 6.45) is 1.73. The van der Waals surface area contributed by atoms with E-state index in [1.807, 2.05) is 0 Å². The zero-order chi connectivity index (χ0) is 19.7. The van der Waals surface area contributed by atoms with Crippen LogP contribution in [0.1, 0.15) is 53.6 Å². The summed E-state index contributed by atoms with van der Waals surface area (Å²) in [7, 11) is -2.26. The quantitative estimate of drug-likeness (QED) is 0.665. The zero-order valence-corrected chi connectivity index (χ0v) is 19.3. The van der Waals surface area contributed by atoms with Crippen LogP contribution >= 0.6 is 0 Å². The molecule has 144 valence electrons. The Labute approximate surface area is 166 Å². The Morgan fingerprint density at radius 3 is 1.52 bits per heavy atom. The molecule has 2 fully saturated rings. The molecule has 1 saturated heterocycles. The Bertz CT molecular complexity index is 820. The summed E-state index contributed by atoms with van der Waals surface area (Å²) in [5.41, 5.74) is 8.75. The van der Waals surface area contributed by atoms with Crippen LogP contribution < -0.4 is 10.4 Å². The van der Waals surface area contributed by atoms with Gasteiger partial charge in [0.05, 0.1) is 6.10 Å². The van der Waals surface area contributed by atoms with Gasteiger partial charge in [0.15, 0.2) is 0 Å². The minimum absolute atomic E-state index is 0.318. The third kappa shape index (κ3) is 2.75. The smallest absolute Gasteiger partial charge is 0.257 e. The molecule has 1 heterocycles. The van der Waals surface area contributed by atoms with E-state index in [1.54, 1.807) is 10.4 Å². The van der Waals surface area contributed by atoms with Gasteiger partial charge in [-0.2, -0.15) is 0 Å². The average molecular weight is 379 g/mol. The normalized spacial score (nSPS) is 25.2. The van der Waals surface area contributed by atoms with Crippen molar-refractivity contribution in [2.75, 3.05) is 0 Å². The van der Waals surface area contributed by atoms with Crippen LogP contribution in [-0.2, 0) is 4.43 Å². The summed E-state index contributed by atoms with van der Waals surface area (Å²) in [5.74, 6) is 0.729. The van der Waals surface area contributed by atoms with Crippen LogP contribution in [0.5, 0.6) is 0 Å². The first-order valence-electron chi connectivity index (χ1n) is 10.4. The summed E-state index contributed by atoms with van der Waals surface area (Å²) in [6.45, 7) is 18.4. The Hall–Kier alpha value is -1.38. The van der Waals surface area contributed by atoms with Gasteiger partial charge in [0.1, 0.15) is 0 Å². The molecule has 1 nitrogen and oxygen atoms in total. The maximum absolute atomic E-state index is 7.28. The van der Waals surface area contributed by atoms with E-state index in [-0.39, 0.29) is 0 Å². The summed E-state index contributed by atoms with van der Waals surface area (Å²) in [5, 5.41) is 3.10. The van der Waals surface area contributed by atoms with Gasteiger partial charge in [-0.25, -0.2) is 0 Å². The highest BCUT2D eigenvalue weighted by atomic mass is 28.4. The predicted octanol–water partition coefficient (Wildman–Crippen LogP) is 5.04. The Kier molecular flexibility index (Phi) is 4.25. The van der Waals surface area contributed by atoms with Crippen molar-refractivity contribution in [3.05, 3.63) is 57.6 Å². The van der Waals surface area contributed by atoms with Gasteiger partial charge in [0, 0.05) is 0 Å². The highest BCUT2D eigenvalue weighted by Crippen LogP contribution is 2.56. The molecule has 2 aromatic carbocycles. The fraction of sp³-hybridized carbons (Fsp3) is 0.520. The monoisotopic (exact) mass is 378 g/mol. The first-order valence-corrected chi connectivity index (χ1v) is 12.5. The number of aryl methyl sites for hydroxylation is 6. The lowest BCUT2D eigenvalue weighted by Crippen LogP contribution is -2.62. The number of rotatable bonds is 2. The number of hydrogen-bond donors (Lipinski definition) is 0. The van der Waals surface area contributed by atoms with Crippen molar-refractivity contribution in [2.24, 2.45) is 11.3 Å². The number of benzene rings is 2. The van der Waals surface area contributed by atoms with Crippen molar-refractivity contribution in [1.29, 1.82) is 0 Å². The van der Waals surface area contributed by atoms with Gasteiger partial charge in [0.25, 0.3) is 8.32 Å². The van der Waals surface area contributed by atoms with Crippen LogP contribution in [0.4, 0.5) is 0 Å². The highest BCUT2D eigenvalue weighted by Gasteiger charge is 2.62. The second kappa shape index (κ2) is 6.06. The topological polar surface area (TPSA) is 9.23 Å². The van der Waals surface area contributed by atoms with E-state index < -0.39 is 8.32 Å². The van der Waals surface area contributed by atoms with E-state index in [0.29, 0.717) is 11.5 Å².